The summed E-state index contributed by atoms with van der Waals surface area (Å²) in [5.41, 5.74) is 10.4. The van der Waals surface area contributed by atoms with Crippen LogP contribution in [-0.4, -0.2) is 6.29 Å². The van der Waals surface area contributed by atoms with Crippen LogP contribution in [0.4, 0.5) is 0 Å². The molecular weight excluding hydrogens is 677 g/mol. The maximum absolute atomic E-state index is 11.5. The highest BCUT2D eigenvalue weighted by molar-refractivity contribution is 5.79. The van der Waals surface area contributed by atoms with E-state index in [1.54, 1.807) is 6.07 Å². The minimum absolute atomic E-state index is 0.557. The van der Waals surface area contributed by atoms with Crippen molar-refractivity contribution >= 4 is 6.29 Å². The Morgan fingerprint density at radius 2 is 0.446 bits per heavy atom. The van der Waals surface area contributed by atoms with Crippen LogP contribution in [0.25, 0.3) is 0 Å². The number of carbonyl (C=O) groups excluding carboxylic acids is 1. The lowest BCUT2D eigenvalue weighted by molar-refractivity contribution is 0.112. The van der Waals surface area contributed by atoms with Crippen molar-refractivity contribution in [2.45, 2.75) is 0 Å². The third-order valence-electron chi connectivity index (χ3n) is 8.50. The van der Waals surface area contributed by atoms with E-state index in [1.165, 1.54) is 0 Å². The lowest BCUT2D eigenvalue weighted by atomic mass is 10.0. The highest BCUT2D eigenvalue weighted by atomic mass is 16.1. The summed E-state index contributed by atoms with van der Waals surface area (Å²) in [6.45, 7) is 0. The van der Waals surface area contributed by atoms with Gasteiger partial charge >= 0.3 is 0 Å². The highest BCUT2D eigenvalue weighted by Crippen LogP contribution is 2.14. The Labute approximate surface area is 329 Å². The van der Waals surface area contributed by atoms with Gasteiger partial charge in [0.1, 0.15) is 0 Å². The minimum Gasteiger partial charge on any atom is -0.298 e. The predicted molar refractivity (Wildman–Crippen MR) is 226 cm³/mol. The average Bonchev–Trinajstić information content (AvgIpc) is 3.26. The molecule has 0 aliphatic carbocycles. The van der Waals surface area contributed by atoms with Gasteiger partial charge in [-0.05, 0) is 78.9 Å². The fourth-order valence-electron chi connectivity index (χ4n) is 5.55. The molecular formula is C55H30O. The highest BCUT2D eigenvalue weighted by Gasteiger charge is 2.02. The molecule has 0 fully saturated rings. The maximum atomic E-state index is 11.5. The van der Waals surface area contributed by atoms with Crippen molar-refractivity contribution in [1.29, 1.82) is 0 Å². The normalized spacial score (nSPS) is 9.36. The van der Waals surface area contributed by atoms with E-state index < -0.39 is 0 Å². The summed E-state index contributed by atoms with van der Waals surface area (Å²) >= 11 is 0. The summed E-state index contributed by atoms with van der Waals surface area (Å²) < 4.78 is 0. The second-order valence-corrected chi connectivity index (χ2v) is 12.3. The van der Waals surface area contributed by atoms with Crippen LogP contribution in [-0.2, 0) is 0 Å². The largest absolute Gasteiger partial charge is 0.298 e. The van der Waals surface area contributed by atoms with E-state index in [0.29, 0.717) is 11.1 Å². The number of aldehydes is 1. The number of rotatable bonds is 1. The van der Waals surface area contributed by atoms with Gasteiger partial charge in [0.25, 0.3) is 0 Å². The summed E-state index contributed by atoms with van der Waals surface area (Å²) in [5, 5.41) is 0. The van der Waals surface area contributed by atoms with Crippen molar-refractivity contribution in [3.8, 4) is 71.0 Å². The Hall–Kier alpha value is -8.43. The summed E-state index contributed by atoms with van der Waals surface area (Å²) in [6.07, 6.45) is 0.820. The molecule has 0 aliphatic rings. The summed E-state index contributed by atoms with van der Waals surface area (Å²) in [5.74, 6) is 39.5. The van der Waals surface area contributed by atoms with Crippen LogP contribution in [0.5, 0.6) is 0 Å². The first-order valence-corrected chi connectivity index (χ1v) is 17.9. The number of hydrogen-bond donors (Lipinski definition) is 0. The topological polar surface area (TPSA) is 17.1 Å². The molecule has 0 N–H and O–H groups in total. The zero-order valence-corrected chi connectivity index (χ0v) is 30.2. The molecule has 0 amide bonds. The van der Waals surface area contributed by atoms with Crippen LogP contribution in [0.2, 0.25) is 0 Å². The molecule has 0 atom stereocenters. The van der Waals surface area contributed by atoms with Crippen LogP contribution in [0, 0.1) is 71.0 Å². The molecule has 0 saturated heterocycles. The maximum Gasteiger partial charge on any atom is 0.151 e. The average molecular weight is 707 g/mol. The molecule has 7 rings (SSSR count). The molecule has 0 aromatic heterocycles. The van der Waals surface area contributed by atoms with Crippen LogP contribution in [0.1, 0.15) is 77.1 Å². The number of benzene rings is 7. The first kappa shape index (κ1) is 36.0. The van der Waals surface area contributed by atoms with Crippen molar-refractivity contribution in [1.82, 2.24) is 0 Å². The van der Waals surface area contributed by atoms with E-state index in [4.69, 9.17) is 0 Å². The van der Waals surface area contributed by atoms with E-state index in [2.05, 4.69) is 71.0 Å². The van der Waals surface area contributed by atoms with E-state index >= 15 is 0 Å². The van der Waals surface area contributed by atoms with Crippen LogP contribution in [0.15, 0.2) is 176 Å². The molecule has 1 heteroatoms. The van der Waals surface area contributed by atoms with E-state index in [9.17, 15) is 4.79 Å². The third kappa shape index (κ3) is 9.51. The second-order valence-electron chi connectivity index (χ2n) is 12.3. The van der Waals surface area contributed by atoms with Gasteiger partial charge in [0.15, 0.2) is 6.29 Å². The summed E-state index contributed by atoms with van der Waals surface area (Å²) in [4.78, 5) is 11.5. The minimum atomic E-state index is 0.557. The molecule has 0 radical (unpaired) electrons. The molecule has 0 heterocycles. The second kappa shape index (κ2) is 18.4. The molecule has 56 heavy (non-hydrogen) atoms. The van der Waals surface area contributed by atoms with Gasteiger partial charge in [0.2, 0.25) is 0 Å². The number of hydrogen-bond acceptors (Lipinski definition) is 1. The Morgan fingerprint density at radius 1 is 0.232 bits per heavy atom. The van der Waals surface area contributed by atoms with E-state index in [0.717, 1.165) is 67.5 Å². The first-order chi connectivity index (χ1) is 27.7. The molecule has 0 saturated carbocycles. The van der Waals surface area contributed by atoms with Crippen LogP contribution in [0.3, 0.4) is 0 Å². The summed E-state index contributed by atoms with van der Waals surface area (Å²) in [6, 6.07) is 56.5. The zero-order valence-electron chi connectivity index (χ0n) is 30.2. The van der Waals surface area contributed by atoms with Gasteiger partial charge < -0.3 is 0 Å². The fraction of sp³-hybridized carbons (Fsp3) is 0. The van der Waals surface area contributed by atoms with Crippen molar-refractivity contribution in [2.24, 2.45) is 0 Å². The van der Waals surface area contributed by atoms with Gasteiger partial charge in [0, 0.05) is 72.3 Å². The Morgan fingerprint density at radius 3 is 0.732 bits per heavy atom. The van der Waals surface area contributed by atoms with Gasteiger partial charge in [-0.3, -0.25) is 4.79 Å². The molecule has 0 bridgehead atoms. The fourth-order valence-corrected chi connectivity index (χ4v) is 5.55. The van der Waals surface area contributed by atoms with Crippen molar-refractivity contribution in [2.75, 3.05) is 0 Å². The monoisotopic (exact) mass is 706 g/mol. The molecule has 7 aromatic carbocycles. The first-order valence-electron chi connectivity index (χ1n) is 17.9. The predicted octanol–water partition coefficient (Wildman–Crippen LogP) is 9.90. The molecule has 256 valence electrons. The Bertz CT molecular complexity index is 2970. The van der Waals surface area contributed by atoms with Crippen LogP contribution < -0.4 is 0 Å². The lowest BCUT2D eigenvalue weighted by Gasteiger charge is -1.99. The van der Waals surface area contributed by atoms with Gasteiger partial charge in [-0.25, -0.2) is 0 Å². The Balaban J connectivity index is 1.14. The van der Waals surface area contributed by atoms with Crippen LogP contribution >= 0.6 is 0 Å². The van der Waals surface area contributed by atoms with E-state index in [1.807, 2.05) is 170 Å². The van der Waals surface area contributed by atoms with Crippen molar-refractivity contribution < 1.29 is 4.79 Å². The standard InChI is InChI=1S/C55H30O/c56-42-55-29-15-14-28-54(55)41-40-53-27-13-12-26-52(53)39-38-51-25-11-10-24-50(51)37-36-49-23-9-8-22-48(49)35-34-47-21-7-6-20-46(47)33-32-45-19-5-4-18-44(45)31-30-43-16-2-1-3-17-43/h1-29,42H. The van der Waals surface area contributed by atoms with Gasteiger partial charge in [0.05, 0.1) is 0 Å². The van der Waals surface area contributed by atoms with Crippen molar-refractivity contribution in [3.05, 3.63) is 248 Å². The smallest absolute Gasteiger partial charge is 0.151 e. The molecule has 1 nitrogen and oxygen atoms in total. The van der Waals surface area contributed by atoms with Gasteiger partial charge in [-0.1, -0.05) is 168 Å². The third-order valence-corrected chi connectivity index (χ3v) is 8.50. The summed E-state index contributed by atoms with van der Waals surface area (Å²) in [7, 11) is 0. The SMILES string of the molecule is O=Cc1ccccc1C#Cc1ccccc1C#Cc1ccccc1C#Cc1ccccc1C#Cc1ccccc1C#Cc1ccccc1C#Cc1ccccc1. The zero-order chi connectivity index (χ0) is 38.2. The molecule has 0 unspecified atom stereocenters. The quantitative estimate of drug-likeness (QED) is 0.123. The molecule has 0 spiro atoms. The van der Waals surface area contributed by atoms with Crippen molar-refractivity contribution in [3.63, 3.8) is 0 Å². The lowest BCUT2D eigenvalue weighted by Crippen LogP contribution is -1.88. The van der Waals surface area contributed by atoms with E-state index in [-0.39, 0.29) is 0 Å². The Kier molecular flexibility index (Phi) is 11.8. The molecule has 7 aromatic rings. The van der Waals surface area contributed by atoms with Gasteiger partial charge in [-0.15, -0.1) is 0 Å². The molecule has 0 aliphatic heterocycles. The van der Waals surface area contributed by atoms with Gasteiger partial charge in [-0.2, -0.15) is 0 Å². The number of carbonyl (C=O) groups is 1.